The first kappa shape index (κ1) is 23.2. The molecule has 0 bridgehead atoms. The molecule has 3 rings (SSSR count). The standard InChI is InChI=1S/C21H34FN5.HI/c1-18-8-12-25(13-9-18)11-3-2-10-24-21(23)27-16-14-26(15-17-27)20-6-4-19(22)5-7-20;/h4-7,18H,2-3,8-17H2,1H3,(H2,23,24);1H. The van der Waals surface area contributed by atoms with Crippen LogP contribution in [-0.2, 0) is 0 Å². The first-order valence-corrected chi connectivity index (χ1v) is 10.4. The van der Waals surface area contributed by atoms with Crippen molar-refractivity contribution in [1.82, 2.24) is 9.80 Å². The first-order valence-electron chi connectivity index (χ1n) is 10.4. The molecule has 0 radical (unpaired) electrons. The lowest BCUT2D eigenvalue weighted by molar-refractivity contribution is 0.190. The summed E-state index contributed by atoms with van der Waals surface area (Å²) in [6, 6.07) is 6.71. The third kappa shape index (κ3) is 7.06. The number of piperazine rings is 1. The molecule has 2 aliphatic heterocycles. The minimum Gasteiger partial charge on any atom is -0.370 e. The minimum atomic E-state index is -0.191. The minimum absolute atomic E-state index is 0. The maximum Gasteiger partial charge on any atom is 0.191 e. The van der Waals surface area contributed by atoms with Crippen molar-refractivity contribution >= 4 is 35.6 Å². The van der Waals surface area contributed by atoms with Crippen molar-refractivity contribution in [2.24, 2.45) is 16.6 Å². The van der Waals surface area contributed by atoms with Crippen LogP contribution in [0.4, 0.5) is 10.1 Å². The summed E-state index contributed by atoms with van der Waals surface area (Å²) in [5.74, 6) is 1.37. The van der Waals surface area contributed by atoms with Crippen LogP contribution >= 0.6 is 24.0 Å². The van der Waals surface area contributed by atoms with E-state index in [0.29, 0.717) is 5.96 Å². The molecular formula is C21H35FIN5. The van der Waals surface area contributed by atoms with E-state index in [9.17, 15) is 4.39 Å². The number of nitrogens with two attached hydrogens (primary N) is 1. The van der Waals surface area contributed by atoms with Crippen LogP contribution < -0.4 is 10.6 Å². The van der Waals surface area contributed by atoms with Crippen LogP contribution in [0.5, 0.6) is 0 Å². The number of hydrogen-bond acceptors (Lipinski definition) is 3. The predicted molar refractivity (Wildman–Crippen MR) is 126 cm³/mol. The number of halogens is 2. The van der Waals surface area contributed by atoms with Gasteiger partial charge in [0.2, 0.25) is 0 Å². The molecule has 2 N–H and O–H groups in total. The van der Waals surface area contributed by atoms with Gasteiger partial charge in [-0.15, -0.1) is 24.0 Å². The van der Waals surface area contributed by atoms with E-state index in [1.807, 2.05) is 12.1 Å². The number of hydrogen-bond donors (Lipinski definition) is 1. The molecule has 5 nitrogen and oxygen atoms in total. The van der Waals surface area contributed by atoms with Crippen LogP contribution in [0.15, 0.2) is 29.3 Å². The third-order valence-electron chi connectivity index (χ3n) is 5.83. The quantitative estimate of drug-likeness (QED) is 0.280. The summed E-state index contributed by atoms with van der Waals surface area (Å²) in [6.07, 6.45) is 4.98. The fourth-order valence-corrected chi connectivity index (χ4v) is 3.87. The van der Waals surface area contributed by atoms with Crippen molar-refractivity contribution in [3.05, 3.63) is 30.1 Å². The molecule has 2 heterocycles. The summed E-state index contributed by atoms with van der Waals surface area (Å²) in [5.41, 5.74) is 7.26. The van der Waals surface area contributed by atoms with Gasteiger partial charge in [0, 0.05) is 38.4 Å². The van der Waals surface area contributed by atoms with E-state index >= 15 is 0 Å². The van der Waals surface area contributed by atoms with Gasteiger partial charge in [-0.3, -0.25) is 4.99 Å². The smallest absolute Gasteiger partial charge is 0.191 e. The monoisotopic (exact) mass is 503 g/mol. The lowest BCUT2D eigenvalue weighted by atomic mass is 9.99. The van der Waals surface area contributed by atoms with Crippen LogP contribution in [0.3, 0.4) is 0 Å². The summed E-state index contributed by atoms with van der Waals surface area (Å²) in [7, 11) is 0. The number of piperidine rings is 1. The van der Waals surface area contributed by atoms with E-state index in [2.05, 4.69) is 26.6 Å². The highest BCUT2D eigenvalue weighted by molar-refractivity contribution is 14.0. The molecule has 2 fully saturated rings. The molecule has 0 amide bonds. The predicted octanol–water partition coefficient (Wildman–Crippen LogP) is 3.39. The zero-order chi connectivity index (χ0) is 19.1. The lowest BCUT2D eigenvalue weighted by Gasteiger charge is -2.36. The zero-order valence-corrected chi connectivity index (χ0v) is 19.4. The van der Waals surface area contributed by atoms with E-state index < -0.39 is 0 Å². The average Bonchev–Trinajstić information content (AvgIpc) is 2.70. The summed E-state index contributed by atoms with van der Waals surface area (Å²) < 4.78 is 13.1. The highest BCUT2D eigenvalue weighted by Gasteiger charge is 2.18. The Morgan fingerprint density at radius 2 is 1.68 bits per heavy atom. The van der Waals surface area contributed by atoms with Crippen molar-refractivity contribution in [2.45, 2.75) is 32.6 Å². The number of aliphatic imine (C=N–C) groups is 1. The highest BCUT2D eigenvalue weighted by Crippen LogP contribution is 2.17. The summed E-state index contributed by atoms with van der Waals surface area (Å²) in [5, 5.41) is 0. The molecule has 0 aromatic heterocycles. The summed E-state index contributed by atoms with van der Waals surface area (Å²) in [6.45, 7) is 10.4. The van der Waals surface area contributed by atoms with Crippen molar-refractivity contribution in [2.75, 3.05) is 57.3 Å². The van der Waals surface area contributed by atoms with Crippen LogP contribution in [0.2, 0.25) is 0 Å². The number of nitrogens with zero attached hydrogens (tertiary/aromatic N) is 4. The van der Waals surface area contributed by atoms with Crippen LogP contribution in [0, 0.1) is 11.7 Å². The summed E-state index contributed by atoms with van der Waals surface area (Å²) >= 11 is 0. The van der Waals surface area contributed by atoms with E-state index in [1.165, 1.54) is 51.0 Å². The second kappa shape index (κ2) is 11.8. The number of likely N-dealkylation sites (tertiary alicyclic amines) is 1. The van der Waals surface area contributed by atoms with Gasteiger partial charge in [-0.1, -0.05) is 6.92 Å². The SMILES string of the molecule is CC1CCN(CCCCN=C(N)N2CCN(c3ccc(F)cc3)CC2)CC1.I. The van der Waals surface area contributed by atoms with Gasteiger partial charge in [0.15, 0.2) is 5.96 Å². The van der Waals surface area contributed by atoms with Gasteiger partial charge in [-0.2, -0.15) is 0 Å². The Labute approximate surface area is 186 Å². The second-order valence-corrected chi connectivity index (χ2v) is 7.92. The normalized spacial score (nSPS) is 19.6. The molecule has 2 aliphatic rings. The molecule has 0 aliphatic carbocycles. The average molecular weight is 503 g/mol. The molecular weight excluding hydrogens is 468 g/mol. The van der Waals surface area contributed by atoms with Crippen LogP contribution in [0.25, 0.3) is 0 Å². The maximum atomic E-state index is 13.1. The van der Waals surface area contributed by atoms with Crippen LogP contribution in [0.1, 0.15) is 32.6 Å². The van der Waals surface area contributed by atoms with Crippen molar-refractivity contribution in [3.63, 3.8) is 0 Å². The number of rotatable bonds is 6. The van der Waals surface area contributed by atoms with E-state index in [-0.39, 0.29) is 29.8 Å². The Morgan fingerprint density at radius 1 is 1.04 bits per heavy atom. The number of anilines is 1. The highest BCUT2D eigenvalue weighted by atomic mass is 127. The molecule has 0 saturated carbocycles. The Balaban J connectivity index is 0.00000280. The van der Waals surface area contributed by atoms with E-state index in [4.69, 9.17) is 5.73 Å². The Hall–Kier alpha value is -1.09. The van der Waals surface area contributed by atoms with Gasteiger partial charge in [0.25, 0.3) is 0 Å². The molecule has 1 aromatic carbocycles. The number of benzene rings is 1. The number of unbranched alkanes of at least 4 members (excludes halogenated alkanes) is 1. The van der Waals surface area contributed by atoms with Gasteiger partial charge in [-0.25, -0.2) is 4.39 Å². The van der Waals surface area contributed by atoms with Crippen molar-refractivity contribution in [1.29, 1.82) is 0 Å². The zero-order valence-electron chi connectivity index (χ0n) is 17.0. The Kier molecular flexibility index (Phi) is 9.77. The van der Waals surface area contributed by atoms with Gasteiger partial charge in [-0.05, 0) is 75.5 Å². The lowest BCUT2D eigenvalue weighted by Crippen LogP contribution is -2.51. The van der Waals surface area contributed by atoms with Gasteiger partial charge < -0.3 is 20.4 Å². The maximum absolute atomic E-state index is 13.1. The molecule has 2 saturated heterocycles. The largest absolute Gasteiger partial charge is 0.370 e. The third-order valence-corrected chi connectivity index (χ3v) is 5.83. The van der Waals surface area contributed by atoms with E-state index in [1.54, 1.807) is 0 Å². The molecule has 0 atom stereocenters. The summed E-state index contributed by atoms with van der Waals surface area (Å²) in [4.78, 5) is 11.6. The molecule has 0 unspecified atom stereocenters. The van der Waals surface area contributed by atoms with Gasteiger partial charge >= 0.3 is 0 Å². The fourth-order valence-electron chi connectivity index (χ4n) is 3.87. The van der Waals surface area contributed by atoms with Crippen molar-refractivity contribution in [3.8, 4) is 0 Å². The van der Waals surface area contributed by atoms with Crippen LogP contribution in [-0.4, -0.2) is 68.1 Å². The molecule has 7 heteroatoms. The van der Waals surface area contributed by atoms with Crippen molar-refractivity contribution < 1.29 is 4.39 Å². The molecule has 0 spiro atoms. The Morgan fingerprint density at radius 3 is 2.32 bits per heavy atom. The number of guanidine groups is 1. The first-order chi connectivity index (χ1) is 13.1. The Bertz CT molecular complexity index is 593. The van der Waals surface area contributed by atoms with Gasteiger partial charge in [0.05, 0.1) is 0 Å². The van der Waals surface area contributed by atoms with E-state index in [0.717, 1.165) is 50.7 Å². The molecule has 1 aromatic rings. The second-order valence-electron chi connectivity index (χ2n) is 7.92. The molecule has 28 heavy (non-hydrogen) atoms. The topological polar surface area (TPSA) is 48.1 Å². The molecule has 158 valence electrons. The van der Waals surface area contributed by atoms with Gasteiger partial charge in [0.1, 0.15) is 5.82 Å². The fraction of sp³-hybridized carbons (Fsp3) is 0.667.